The van der Waals surface area contributed by atoms with E-state index in [-0.39, 0.29) is 30.6 Å². The van der Waals surface area contributed by atoms with Crippen LogP contribution in [0.1, 0.15) is 31.2 Å². The summed E-state index contributed by atoms with van der Waals surface area (Å²) in [5.41, 5.74) is 1.30. The second-order valence-corrected chi connectivity index (χ2v) is 10.3. The van der Waals surface area contributed by atoms with Crippen LogP contribution in [0.3, 0.4) is 0 Å². The van der Waals surface area contributed by atoms with Crippen LogP contribution in [-0.2, 0) is 16.0 Å². The van der Waals surface area contributed by atoms with Gasteiger partial charge in [0.2, 0.25) is 5.91 Å². The molecule has 186 valence electrons. The second kappa shape index (κ2) is 10.5. The molecule has 1 N–H and O–H groups in total. The highest BCUT2D eigenvalue weighted by molar-refractivity contribution is 8.18. The Hall–Kier alpha value is -4.02. The Morgan fingerprint density at radius 3 is 2.19 bits per heavy atom. The van der Waals surface area contributed by atoms with Crippen molar-refractivity contribution in [1.82, 2.24) is 15.1 Å². The monoisotopic (exact) mass is 531 g/mol. The van der Waals surface area contributed by atoms with Gasteiger partial charge in [0.25, 0.3) is 23.0 Å². The van der Waals surface area contributed by atoms with Gasteiger partial charge in [-0.3, -0.25) is 33.8 Å². The lowest BCUT2D eigenvalue weighted by atomic mass is 10.0. The fraction of sp³-hybridized carbons (Fsp3) is 0.148. The van der Waals surface area contributed by atoms with Crippen molar-refractivity contribution >= 4 is 58.0 Å². The fourth-order valence-corrected chi connectivity index (χ4v) is 5.82. The third kappa shape index (κ3) is 4.98. The summed E-state index contributed by atoms with van der Waals surface area (Å²) in [6.45, 7) is -0.0457. The first-order chi connectivity index (χ1) is 17.9. The molecule has 2 aliphatic rings. The minimum atomic E-state index is -1.09. The normalized spacial score (nSPS) is 17.0. The number of benzene rings is 2. The Morgan fingerprint density at radius 2 is 1.54 bits per heavy atom. The second-order valence-electron chi connectivity index (χ2n) is 8.37. The van der Waals surface area contributed by atoms with Crippen LogP contribution in [-0.4, -0.2) is 57.8 Å². The molecule has 0 radical (unpaired) electrons. The SMILES string of the molecule is O=C(NCCN1C(=O)S/C(=C\c2cccs2)C1=O)C(Cc1ccccc1)N1C(=O)c2ccccc2C1=O. The van der Waals surface area contributed by atoms with Crippen LogP contribution in [0.2, 0.25) is 0 Å². The quantitative estimate of drug-likeness (QED) is 0.350. The molecule has 10 heteroatoms. The number of imide groups is 2. The zero-order valence-electron chi connectivity index (χ0n) is 19.5. The molecule has 1 atom stereocenters. The van der Waals surface area contributed by atoms with Crippen LogP contribution >= 0.6 is 23.1 Å². The Kier molecular flexibility index (Phi) is 7.02. The van der Waals surface area contributed by atoms with Crippen molar-refractivity contribution in [3.8, 4) is 0 Å². The molecule has 1 fully saturated rings. The number of nitrogens with zero attached hydrogens (tertiary/aromatic N) is 2. The van der Waals surface area contributed by atoms with Crippen LogP contribution in [0.15, 0.2) is 77.0 Å². The van der Waals surface area contributed by atoms with Gasteiger partial charge in [-0.25, -0.2) is 0 Å². The Balaban J connectivity index is 1.29. The number of hydrogen-bond acceptors (Lipinski definition) is 7. The Labute approximate surface area is 220 Å². The van der Waals surface area contributed by atoms with Gasteiger partial charge in [-0.2, -0.15) is 0 Å². The van der Waals surface area contributed by atoms with Gasteiger partial charge in [0.1, 0.15) is 6.04 Å². The fourth-order valence-electron chi connectivity index (χ4n) is 4.23. The molecule has 3 heterocycles. The molecule has 0 spiro atoms. The van der Waals surface area contributed by atoms with Gasteiger partial charge in [-0.05, 0) is 47.0 Å². The maximum absolute atomic E-state index is 13.3. The minimum Gasteiger partial charge on any atom is -0.352 e. The van der Waals surface area contributed by atoms with Gasteiger partial charge in [-0.1, -0.05) is 48.5 Å². The van der Waals surface area contributed by atoms with E-state index in [1.807, 2.05) is 47.8 Å². The van der Waals surface area contributed by atoms with Gasteiger partial charge in [0, 0.05) is 24.4 Å². The van der Waals surface area contributed by atoms with E-state index in [2.05, 4.69) is 5.32 Å². The molecule has 8 nitrogen and oxygen atoms in total. The van der Waals surface area contributed by atoms with Crippen LogP contribution < -0.4 is 5.32 Å². The van der Waals surface area contributed by atoms with E-state index < -0.39 is 34.9 Å². The molecule has 5 rings (SSSR count). The zero-order chi connectivity index (χ0) is 25.9. The highest BCUT2D eigenvalue weighted by atomic mass is 32.2. The summed E-state index contributed by atoms with van der Waals surface area (Å²) in [6, 6.07) is 18.2. The number of thiophene rings is 1. The van der Waals surface area contributed by atoms with E-state index in [0.717, 1.165) is 32.0 Å². The molecule has 5 amide bonds. The molecule has 3 aromatic rings. The molecule has 0 aliphatic carbocycles. The number of rotatable bonds is 8. The van der Waals surface area contributed by atoms with Crippen LogP contribution in [0.4, 0.5) is 4.79 Å². The molecular weight excluding hydrogens is 510 g/mol. The lowest BCUT2D eigenvalue weighted by Crippen LogP contribution is -2.51. The highest BCUT2D eigenvalue weighted by Crippen LogP contribution is 2.32. The lowest BCUT2D eigenvalue weighted by Gasteiger charge is -2.26. The first-order valence-corrected chi connectivity index (χ1v) is 13.2. The molecule has 2 aliphatic heterocycles. The number of carbonyl (C=O) groups excluding carboxylic acids is 5. The van der Waals surface area contributed by atoms with Crippen molar-refractivity contribution in [3.63, 3.8) is 0 Å². The molecule has 37 heavy (non-hydrogen) atoms. The van der Waals surface area contributed by atoms with Crippen molar-refractivity contribution in [2.75, 3.05) is 13.1 Å². The van der Waals surface area contributed by atoms with Crippen molar-refractivity contribution in [3.05, 3.63) is 98.6 Å². The van der Waals surface area contributed by atoms with E-state index in [4.69, 9.17) is 0 Å². The summed E-state index contributed by atoms with van der Waals surface area (Å²) in [6.07, 6.45) is 1.80. The zero-order valence-corrected chi connectivity index (χ0v) is 21.1. The number of fused-ring (bicyclic) bond motifs is 1. The molecule has 0 bridgehead atoms. The van der Waals surface area contributed by atoms with Crippen molar-refractivity contribution in [2.45, 2.75) is 12.5 Å². The van der Waals surface area contributed by atoms with Gasteiger partial charge < -0.3 is 5.32 Å². The average Bonchev–Trinajstić information content (AvgIpc) is 3.58. The number of amides is 5. The number of nitrogens with one attached hydrogen (secondary N) is 1. The summed E-state index contributed by atoms with van der Waals surface area (Å²) in [7, 11) is 0. The lowest BCUT2D eigenvalue weighted by molar-refractivity contribution is -0.126. The van der Waals surface area contributed by atoms with Gasteiger partial charge in [0.15, 0.2) is 0 Å². The molecule has 1 unspecified atom stereocenters. The van der Waals surface area contributed by atoms with Crippen molar-refractivity contribution in [1.29, 1.82) is 0 Å². The minimum absolute atomic E-state index is 0.0163. The standard InChI is InChI=1S/C27H21N3O5S2/c31-23(28-12-13-29-26(34)22(37-27(29)35)16-18-9-6-14-36-18)21(15-17-7-2-1-3-8-17)30-24(32)19-10-4-5-11-20(19)25(30)33/h1-11,14,16,21H,12-13,15H2,(H,28,31)/b22-16-. The Morgan fingerprint density at radius 1 is 0.865 bits per heavy atom. The Bertz CT molecular complexity index is 1380. The highest BCUT2D eigenvalue weighted by Gasteiger charge is 2.43. The first-order valence-electron chi connectivity index (χ1n) is 11.5. The third-order valence-electron chi connectivity index (χ3n) is 6.04. The predicted molar refractivity (Wildman–Crippen MR) is 141 cm³/mol. The third-order valence-corrected chi connectivity index (χ3v) is 7.76. The smallest absolute Gasteiger partial charge is 0.293 e. The van der Waals surface area contributed by atoms with E-state index >= 15 is 0 Å². The number of carbonyl (C=O) groups is 5. The molecule has 0 saturated carbocycles. The van der Waals surface area contributed by atoms with Crippen molar-refractivity contribution in [2.24, 2.45) is 0 Å². The van der Waals surface area contributed by atoms with Crippen LogP contribution in [0, 0.1) is 0 Å². The average molecular weight is 532 g/mol. The van der Waals surface area contributed by atoms with Gasteiger partial charge in [-0.15, -0.1) is 11.3 Å². The molecule has 1 aromatic heterocycles. The molecule has 1 saturated heterocycles. The summed E-state index contributed by atoms with van der Waals surface area (Å²) >= 11 is 2.32. The van der Waals surface area contributed by atoms with Crippen LogP contribution in [0.5, 0.6) is 0 Å². The molecular formula is C27H21N3O5S2. The van der Waals surface area contributed by atoms with E-state index in [0.29, 0.717) is 4.91 Å². The number of hydrogen-bond donors (Lipinski definition) is 1. The summed E-state index contributed by atoms with van der Waals surface area (Å²) < 4.78 is 0. The number of thioether (sulfide) groups is 1. The van der Waals surface area contributed by atoms with E-state index in [1.165, 1.54) is 11.3 Å². The predicted octanol–water partition coefficient (Wildman–Crippen LogP) is 3.81. The summed E-state index contributed by atoms with van der Waals surface area (Å²) in [5.74, 6) is -2.01. The van der Waals surface area contributed by atoms with Gasteiger partial charge >= 0.3 is 0 Å². The molecule has 2 aromatic carbocycles. The maximum atomic E-state index is 13.3. The van der Waals surface area contributed by atoms with E-state index in [1.54, 1.807) is 30.3 Å². The largest absolute Gasteiger partial charge is 0.352 e. The van der Waals surface area contributed by atoms with Crippen LogP contribution in [0.25, 0.3) is 6.08 Å². The summed E-state index contributed by atoms with van der Waals surface area (Å²) in [5, 5.41) is 4.19. The first kappa shape index (κ1) is 24.7. The van der Waals surface area contributed by atoms with E-state index in [9.17, 15) is 24.0 Å². The maximum Gasteiger partial charge on any atom is 0.293 e. The summed E-state index contributed by atoms with van der Waals surface area (Å²) in [4.78, 5) is 67.9. The van der Waals surface area contributed by atoms with Gasteiger partial charge in [0.05, 0.1) is 16.0 Å². The topological polar surface area (TPSA) is 104 Å². The van der Waals surface area contributed by atoms with Crippen molar-refractivity contribution < 1.29 is 24.0 Å².